The SMILES string of the molecule is Nc1ccccc1C(O)COc1ccc(F)cc1Br. The first kappa shape index (κ1) is 13.8. The zero-order valence-corrected chi connectivity index (χ0v) is 11.6. The number of aliphatic hydroxyl groups is 1. The molecule has 0 aliphatic rings. The van der Waals surface area contributed by atoms with E-state index in [0.717, 1.165) is 0 Å². The first-order valence-corrected chi connectivity index (χ1v) is 6.47. The van der Waals surface area contributed by atoms with Crippen LogP contribution in [0.2, 0.25) is 0 Å². The molecule has 2 aromatic rings. The van der Waals surface area contributed by atoms with E-state index >= 15 is 0 Å². The van der Waals surface area contributed by atoms with Gasteiger partial charge in [0.05, 0.1) is 4.47 Å². The van der Waals surface area contributed by atoms with Gasteiger partial charge in [0.25, 0.3) is 0 Å². The molecule has 0 bridgehead atoms. The molecule has 19 heavy (non-hydrogen) atoms. The highest BCUT2D eigenvalue weighted by Crippen LogP contribution is 2.27. The van der Waals surface area contributed by atoms with E-state index in [9.17, 15) is 9.50 Å². The quantitative estimate of drug-likeness (QED) is 0.848. The summed E-state index contributed by atoms with van der Waals surface area (Å²) in [6, 6.07) is 11.1. The maximum absolute atomic E-state index is 12.9. The lowest BCUT2D eigenvalue weighted by molar-refractivity contribution is 0.108. The highest BCUT2D eigenvalue weighted by Gasteiger charge is 2.12. The van der Waals surface area contributed by atoms with Crippen LogP contribution in [0, 0.1) is 5.82 Å². The zero-order chi connectivity index (χ0) is 13.8. The topological polar surface area (TPSA) is 55.5 Å². The van der Waals surface area contributed by atoms with Crippen molar-refractivity contribution in [3.63, 3.8) is 0 Å². The lowest BCUT2D eigenvalue weighted by atomic mass is 10.1. The van der Waals surface area contributed by atoms with Gasteiger partial charge in [-0.3, -0.25) is 0 Å². The van der Waals surface area contributed by atoms with Gasteiger partial charge in [-0.05, 0) is 40.2 Å². The number of hydrogen-bond acceptors (Lipinski definition) is 3. The van der Waals surface area contributed by atoms with E-state index < -0.39 is 6.10 Å². The van der Waals surface area contributed by atoms with Crippen molar-refractivity contribution in [1.29, 1.82) is 0 Å². The fourth-order valence-electron chi connectivity index (χ4n) is 1.67. The summed E-state index contributed by atoms with van der Waals surface area (Å²) in [5, 5.41) is 10.0. The van der Waals surface area contributed by atoms with Crippen LogP contribution >= 0.6 is 15.9 Å². The molecule has 0 amide bonds. The normalized spacial score (nSPS) is 12.2. The van der Waals surface area contributed by atoms with Crippen LogP contribution in [0.3, 0.4) is 0 Å². The Morgan fingerprint density at radius 1 is 1.26 bits per heavy atom. The Hall–Kier alpha value is -1.59. The number of ether oxygens (including phenoxy) is 1. The molecular weight excluding hydrogens is 313 g/mol. The second kappa shape index (κ2) is 6.04. The first-order chi connectivity index (χ1) is 9.08. The average molecular weight is 326 g/mol. The number of halogens is 2. The van der Waals surface area contributed by atoms with Crippen molar-refractivity contribution in [1.82, 2.24) is 0 Å². The second-order valence-corrected chi connectivity index (χ2v) is 4.88. The predicted molar refractivity (Wildman–Crippen MR) is 75.4 cm³/mol. The van der Waals surface area contributed by atoms with Gasteiger partial charge in [0.2, 0.25) is 0 Å². The molecule has 0 saturated heterocycles. The molecule has 3 nitrogen and oxygen atoms in total. The Balaban J connectivity index is 2.04. The third-order valence-corrected chi connectivity index (χ3v) is 3.27. The Morgan fingerprint density at radius 3 is 2.68 bits per heavy atom. The number of rotatable bonds is 4. The maximum Gasteiger partial charge on any atom is 0.133 e. The van der Waals surface area contributed by atoms with Gasteiger partial charge in [0.15, 0.2) is 0 Å². The number of hydrogen-bond donors (Lipinski definition) is 2. The fraction of sp³-hybridized carbons (Fsp3) is 0.143. The molecule has 0 saturated carbocycles. The van der Waals surface area contributed by atoms with Crippen LogP contribution in [0.25, 0.3) is 0 Å². The molecule has 2 aromatic carbocycles. The van der Waals surface area contributed by atoms with Crippen LogP contribution in [0.15, 0.2) is 46.9 Å². The van der Waals surface area contributed by atoms with Gasteiger partial charge in [-0.15, -0.1) is 0 Å². The van der Waals surface area contributed by atoms with Crippen molar-refractivity contribution in [2.24, 2.45) is 0 Å². The molecule has 2 rings (SSSR count). The molecular formula is C14H13BrFNO2. The van der Waals surface area contributed by atoms with Crippen LogP contribution in [0.1, 0.15) is 11.7 Å². The number of nitrogens with two attached hydrogens (primary N) is 1. The summed E-state index contributed by atoms with van der Waals surface area (Å²) in [7, 11) is 0. The maximum atomic E-state index is 12.9. The minimum Gasteiger partial charge on any atom is -0.489 e. The van der Waals surface area contributed by atoms with Crippen molar-refractivity contribution in [3.05, 3.63) is 58.3 Å². The second-order valence-electron chi connectivity index (χ2n) is 4.03. The molecule has 0 spiro atoms. The lowest BCUT2D eigenvalue weighted by Gasteiger charge is -2.15. The number of anilines is 1. The Labute approximate surface area is 118 Å². The van der Waals surface area contributed by atoms with Gasteiger partial charge >= 0.3 is 0 Å². The highest BCUT2D eigenvalue weighted by molar-refractivity contribution is 9.10. The molecule has 1 unspecified atom stereocenters. The minimum atomic E-state index is -0.835. The van der Waals surface area contributed by atoms with E-state index in [2.05, 4.69) is 15.9 Å². The Bertz CT molecular complexity index is 577. The van der Waals surface area contributed by atoms with E-state index in [1.807, 2.05) is 0 Å². The number of nitrogen functional groups attached to an aromatic ring is 1. The van der Waals surface area contributed by atoms with Gasteiger partial charge < -0.3 is 15.6 Å². The number of para-hydroxylation sites is 1. The van der Waals surface area contributed by atoms with Crippen molar-refractivity contribution in [2.75, 3.05) is 12.3 Å². The third kappa shape index (κ3) is 3.45. The van der Waals surface area contributed by atoms with E-state index in [1.165, 1.54) is 18.2 Å². The van der Waals surface area contributed by atoms with Gasteiger partial charge in [0.1, 0.15) is 24.3 Å². The Kier molecular flexibility index (Phi) is 4.39. The third-order valence-electron chi connectivity index (χ3n) is 2.65. The largest absolute Gasteiger partial charge is 0.489 e. The van der Waals surface area contributed by atoms with Crippen molar-refractivity contribution >= 4 is 21.6 Å². The van der Waals surface area contributed by atoms with Crippen LogP contribution < -0.4 is 10.5 Å². The first-order valence-electron chi connectivity index (χ1n) is 5.68. The number of benzene rings is 2. The minimum absolute atomic E-state index is 0.0401. The molecule has 5 heteroatoms. The van der Waals surface area contributed by atoms with Crippen molar-refractivity contribution < 1.29 is 14.2 Å². The lowest BCUT2D eigenvalue weighted by Crippen LogP contribution is -2.11. The van der Waals surface area contributed by atoms with E-state index in [0.29, 0.717) is 21.5 Å². The summed E-state index contributed by atoms with van der Waals surface area (Å²) >= 11 is 3.20. The van der Waals surface area contributed by atoms with E-state index in [1.54, 1.807) is 24.3 Å². The highest BCUT2D eigenvalue weighted by atomic mass is 79.9. The zero-order valence-electron chi connectivity index (χ0n) is 10.0. The molecule has 1 atom stereocenters. The molecule has 0 aliphatic heterocycles. The monoisotopic (exact) mass is 325 g/mol. The Morgan fingerprint density at radius 2 is 2.00 bits per heavy atom. The summed E-state index contributed by atoms with van der Waals surface area (Å²) in [6.07, 6.45) is -0.835. The molecule has 0 heterocycles. The molecule has 0 radical (unpaired) electrons. The summed E-state index contributed by atoms with van der Waals surface area (Å²) in [5.41, 5.74) is 6.89. The van der Waals surface area contributed by atoms with E-state index in [-0.39, 0.29) is 12.4 Å². The van der Waals surface area contributed by atoms with Crippen molar-refractivity contribution in [3.8, 4) is 5.75 Å². The van der Waals surface area contributed by atoms with Crippen LogP contribution in [-0.2, 0) is 0 Å². The summed E-state index contributed by atoms with van der Waals surface area (Å²) in [5.74, 6) is 0.113. The average Bonchev–Trinajstić information content (AvgIpc) is 2.38. The smallest absolute Gasteiger partial charge is 0.133 e. The molecule has 0 aromatic heterocycles. The van der Waals surface area contributed by atoms with Crippen LogP contribution in [-0.4, -0.2) is 11.7 Å². The summed E-state index contributed by atoms with van der Waals surface area (Å²) < 4.78 is 18.9. The summed E-state index contributed by atoms with van der Waals surface area (Å²) in [4.78, 5) is 0. The van der Waals surface area contributed by atoms with Crippen LogP contribution in [0.5, 0.6) is 5.75 Å². The molecule has 0 aliphatic carbocycles. The van der Waals surface area contributed by atoms with Gasteiger partial charge in [-0.2, -0.15) is 0 Å². The standard InChI is InChI=1S/C14H13BrFNO2/c15-11-7-9(16)5-6-14(11)19-8-13(18)10-3-1-2-4-12(10)17/h1-7,13,18H,8,17H2. The van der Waals surface area contributed by atoms with Crippen molar-refractivity contribution in [2.45, 2.75) is 6.10 Å². The fourth-order valence-corrected chi connectivity index (χ4v) is 2.13. The van der Waals surface area contributed by atoms with Gasteiger partial charge in [0, 0.05) is 11.3 Å². The number of aliphatic hydroxyl groups excluding tert-OH is 1. The van der Waals surface area contributed by atoms with Gasteiger partial charge in [-0.25, -0.2) is 4.39 Å². The van der Waals surface area contributed by atoms with Crippen LogP contribution in [0.4, 0.5) is 10.1 Å². The van der Waals surface area contributed by atoms with Gasteiger partial charge in [-0.1, -0.05) is 18.2 Å². The molecule has 3 N–H and O–H groups in total. The summed E-state index contributed by atoms with van der Waals surface area (Å²) in [6.45, 7) is 0.0401. The molecule has 0 fully saturated rings. The molecule has 100 valence electrons. The predicted octanol–water partition coefficient (Wildman–Crippen LogP) is 3.28. The van der Waals surface area contributed by atoms with E-state index in [4.69, 9.17) is 10.5 Å².